The predicted octanol–water partition coefficient (Wildman–Crippen LogP) is 1.75. The summed E-state index contributed by atoms with van der Waals surface area (Å²) in [5.41, 5.74) is 0.485. The summed E-state index contributed by atoms with van der Waals surface area (Å²) in [5.74, 6) is 0.733. The van der Waals surface area contributed by atoms with Gasteiger partial charge in [-0.15, -0.1) is 0 Å². The largest absolute Gasteiger partial charge is 0.377 e. The van der Waals surface area contributed by atoms with Gasteiger partial charge in [-0.2, -0.15) is 0 Å². The second-order valence-electron chi connectivity index (χ2n) is 7.33. The van der Waals surface area contributed by atoms with Crippen molar-refractivity contribution in [2.75, 3.05) is 40.9 Å². The van der Waals surface area contributed by atoms with Gasteiger partial charge in [0.2, 0.25) is 0 Å². The molecule has 1 heterocycles. The van der Waals surface area contributed by atoms with Crippen molar-refractivity contribution >= 4 is 0 Å². The topological polar surface area (TPSA) is 33.7 Å². The first-order valence-corrected chi connectivity index (χ1v) is 7.94. The Kier molecular flexibility index (Phi) is 5.46. The van der Waals surface area contributed by atoms with Crippen molar-refractivity contribution in [3.8, 4) is 0 Å². The van der Waals surface area contributed by atoms with Crippen molar-refractivity contribution in [2.45, 2.75) is 51.4 Å². The number of ether oxygens (including phenoxy) is 2. The summed E-state index contributed by atoms with van der Waals surface area (Å²) in [4.78, 5) is 2.53. The molecule has 4 heteroatoms. The molecule has 1 aliphatic heterocycles. The number of rotatable bonds is 5. The number of hydrogen-bond acceptors (Lipinski definition) is 4. The van der Waals surface area contributed by atoms with E-state index in [4.69, 9.17) is 9.47 Å². The van der Waals surface area contributed by atoms with Gasteiger partial charge in [0, 0.05) is 39.9 Å². The van der Waals surface area contributed by atoms with Crippen LogP contribution in [0, 0.1) is 11.3 Å². The summed E-state index contributed by atoms with van der Waals surface area (Å²) in [6, 6.07) is 0.658. The number of nitrogens with one attached hydrogen (secondary N) is 1. The van der Waals surface area contributed by atoms with E-state index >= 15 is 0 Å². The first-order chi connectivity index (χ1) is 9.49. The summed E-state index contributed by atoms with van der Waals surface area (Å²) >= 11 is 0. The Hall–Kier alpha value is -0.160. The van der Waals surface area contributed by atoms with Gasteiger partial charge >= 0.3 is 0 Å². The molecule has 2 aliphatic rings. The third-order valence-corrected chi connectivity index (χ3v) is 5.28. The molecular formula is C16H32N2O2. The first-order valence-electron chi connectivity index (χ1n) is 7.94. The maximum Gasteiger partial charge on any atom is 0.0971 e. The molecule has 1 N–H and O–H groups in total. The number of methoxy groups -OCH3 is 2. The fraction of sp³-hybridized carbons (Fsp3) is 1.00. The minimum atomic E-state index is 0.227. The Bertz CT molecular complexity index is 297. The summed E-state index contributed by atoms with van der Waals surface area (Å²) in [6.45, 7) is 7.98. The van der Waals surface area contributed by atoms with E-state index in [2.05, 4.69) is 31.1 Å². The van der Waals surface area contributed by atoms with E-state index in [0.29, 0.717) is 11.5 Å². The number of nitrogens with zero attached hydrogens (tertiary/aromatic N) is 1. The standard InChI is InChI=1S/C16H32N2O2/c1-16(2)7-6-13(17-3)12(8-16)9-18-10-14(19-4)15(11-18)20-5/h12-15,17H,6-11H2,1-5H3. The summed E-state index contributed by atoms with van der Waals surface area (Å²) in [5, 5.41) is 3.53. The molecule has 2 fully saturated rings. The Morgan fingerprint density at radius 3 is 2.25 bits per heavy atom. The highest BCUT2D eigenvalue weighted by molar-refractivity contribution is 4.93. The summed E-state index contributed by atoms with van der Waals surface area (Å²) in [6.07, 6.45) is 4.39. The predicted molar refractivity (Wildman–Crippen MR) is 82.0 cm³/mol. The van der Waals surface area contributed by atoms with Gasteiger partial charge in [-0.3, -0.25) is 4.90 Å². The van der Waals surface area contributed by atoms with E-state index in [-0.39, 0.29) is 12.2 Å². The van der Waals surface area contributed by atoms with Crippen molar-refractivity contribution in [1.82, 2.24) is 10.2 Å². The summed E-state index contributed by atoms with van der Waals surface area (Å²) in [7, 11) is 5.69. The Morgan fingerprint density at radius 1 is 1.15 bits per heavy atom. The third kappa shape index (κ3) is 3.73. The number of hydrogen-bond donors (Lipinski definition) is 1. The van der Waals surface area contributed by atoms with Crippen LogP contribution in [0.1, 0.15) is 33.1 Å². The molecule has 0 bridgehead atoms. The zero-order valence-electron chi connectivity index (χ0n) is 13.8. The normalized spacial score (nSPS) is 38.2. The van der Waals surface area contributed by atoms with Crippen LogP contribution in [-0.4, -0.2) is 64.1 Å². The van der Waals surface area contributed by atoms with Crippen molar-refractivity contribution in [2.24, 2.45) is 11.3 Å². The third-order valence-electron chi connectivity index (χ3n) is 5.28. The fourth-order valence-electron chi connectivity index (χ4n) is 4.06. The quantitative estimate of drug-likeness (QED) is 0.834. The molecule has 0 amide bonds. The lowest BCUT2D eigenvalue weighted by Gasteiger charge is -2.42. The van der Waals surface area contributed by atoms with Crippen LogP contribution in [0.25, 0.3) is 0 Å². The number of likely N-dealkylation sites (tertiary alicyclic amines) is 1. The molecule has 0 aromatic rings. The minimum Gasteiger partial charge on any atom is -0.377 e. The molecule has 1 saturated heterocycles. The monoisotopic (exact) mass is 284 g/mol. The van der Waals surface area contributed by atoms with Crippen LogP contribution in [0.3, 0.4) is 0 Å². The molecule has 2 rings (SSSR count). The lowest BCUT2D eigenvalue weighted by Crippen LogP contribution is -2.46. The molecule has 0 aromatic carbocycles. The maximum atomic E-state index is 5.55. The lowest BCUT2D eigenvalue weighted by atomic mass is 9.70. The molecule has 1 aliphatic carbocycles. The minimum absolute atomic E-state index is 0.227. The van der Waals surface area contributed by atoms with E-state index in [9.17, 15) is 0 Å². The SMILES string of the molecule is CNC1CCC(C)(C)CC1CN1CC(OC)C(OC)C1. The Balaban J connectivity index is 1.94. The molecule has 1 saturated carbocycles. The van der Waals surface area contributed by atoms with E-state index < -0.39 is 0 Å². The zero-order valence-corrected chi connectivity index (χ0v) is 13.8. The van der Waals surface area contributed by atoms with Crippen LogP contribution >= 0.6 is 0 Å². The highest BCUT2D eigenvalue weighted by Gasteiger charge is 2.38. The molecular weight excluding hydrogens is 252 g/mol. The maximum absolute atomic E-state index is 5.55. The fourth-order valence-corrected chi connectivity index (χ4v) is 4.06. The van der Waals surface area contributed by atoms with Crippen LogP contribution in [-0.2, 0) is 9.47 Å². The van der Waals surface area contributed by atoms with Gasteiger partial charge in [0.25, 0.3) is 0 Å². The van der Waals surface area contributed by atoms with Gasteiger partial charge in [-0.25, -0.2) is 0 Å². The lowest BCUT2D eigenvalue weighted by molar-refractivity contribution is -0.00461. The average molecular weight is 284 g/mol. The highest BCUT2D eigenvalue weighted by Crippen LogP contribution is 2.39. The van der Waals surface area contributed by atoms with E-state index in [1.807, 2.05) is 0 Å². The molecule has 20 heavy (non-hydrogen) atoms. The van der Waals surface area contributed by atoms with E-state index in [1.165, 1.54) is 19.3 Å². The van der Waals surface area contributed by atoms with Crippen LogP contribution in [0.2, 0.25) is 0 Å². The van der Waals surface area contributed by atoms with Crippen molar-refractivity contribution < 1.29 is 9.47 Å². The molecule has 0 radical (unpaired) electrons. The van der Waals surface area contributed by atoms with Crippen molar-refractivity contribution in [1.29, 1.82) is 0 Å². The molecule has 4 unspecified atom stereocenters. The van der Waals surface area contributed by atoms with Gasteiger partial charge in [-0.1, -0.05) is 13.8 Å². The van der Waals surface area contributed by atoms with Crippen LogP contribution < -0.4 is 5.32 Å². The van der Waals surface area contributed by atoms with Crippen LogP contribution in [0.15, 0.2) is 0 Å². The highest BCUT2D eigenvalue weighted by atomic mass is 16.5. The van der Waals surface area contributed by atoms with Gasteiger partial charge < -0.3 is 14.8 Å². The van der Waals surface area contributed by atoms with E-state index in [0.717, 1.165) is 25.6 Å². The first kappa shape index (κ1) is 16.2. The Labute approximate surface area is 124 Å². The Morgan fingerprint density at radius 2 is 1.75 bits per heavy atom. The second-order valence-corrected chi connectivity index (χ2v) is 7.33. The van der Waals surface area contributed by atoms with Gasteiger partial charge in [0.05, 0.1) is 12.2 Å². The molecule has 4 atom stereocenters. The van der Waals surface area contributed by atoms with Crippen LogP contribution in [0.4, 0.5) is 0 Å². The smallest absolute Gasteiger partial charge is 0.0971 e. The van der Waals surface area contributed by atoms with Gasteiger partial charge in [-0.05, 0) is 37.6 Å². The molecule has 4 nitrogen and oxygen atoms in total. The zero-order chi connectivity index (χ0) is 14.8. The van der Waals surface area contributed by atoms with E-state index in [1.54, 1.807) is 14.2 Å². The molecule has 0 aromatic heterocycles. The summed E-state index contributed by atoms with van der Waals surface area (Å²) < 4.78 is 11.1. The van der Waals surface area contributed by atoms with Crippen LogP contribution in [0.5, 0.6) is 0 Å². The second kappa shape index (κ2) is 6.73. The molecule has 118 valence electrons. The molecule has 0 spiro atoms. The van der Waals surface area contributed by atoms with Crippen molar-refractivity contribution in [3.05, 3.63) is 0 Å². The van der Waals surface area contributed by atoms with Gasteiger partial charge in [0.1, 0.15) is 0 Å². The van der Waals surface area contributed by atoms with Gasteiger partial charge in [0.15, 0.2) is 0 Å². The average Bonchev–Trinajstić information content (AvgIpc) is 2.80. The van der Waals surface area contributed by atoms with Crippen molar-refractivity contribution in [3.63, 3.8) is 0 Å².